The zero-order valence-electron chi connectivity index (χ0n) is 18.1. The van der Waals surface area contributed by atoms with Crippen molar-refractivity contribution in [3.63, 3.8) is 0 Å². The van der Waals surface area contributed by atoms with Crippen molar-refractivity contribution >= 4 is 0 Å². The van der Waals surface area contributed by atoms with Crippen LogP contribution in [-0.4, -0.2) is 18.0 Å². The maximum atomic E-state index is 14.8. The molecule has 1 aliphatic rings. The molecule has 0 heterocycles. The molecule has 2 aromatic rings. The van der Waals surface area contributed by atoms with Crippen molar-refractivity contribution in [3.05, 3.63) is 71.3 Å². The van der Waals surface area contributed by atoms with Crippen LogP contribution >= 0.6 is 0 Å². The molecular weight excluding hydrogens is 378 g/mol. The molecule has 0 spiro atoms. The minimum absolute atomic E-state index is 0.00540. The van der Waals surface area contributed by atoms with Gasteiger partial charge in [-0.3, -0.25) is 4.90 Å². The molecule has 0 aliphatic heterocycles. The maximum absolute atomic E-state index is 14.8. The summed E-state index contributed by atoms with van der Waals surface area (Å²) in [6, 6.07) is 16.9. The Kier molecular flexibility index (Phi) is 7.61. The lowest BCUT2D eigenvalue weighted by Crippen LogP contribution is -2.38. The van der Waals surface area contributed by atoms with Crippen LogP contribution in [0.5, 0.6) is 0 Å². The average Bonchev–Trinajstić information content (AvgIpc) is 3.28. The van der Waals surface area contributed by atoms with Crippen molar-refractivity contribution in [2.75, 3.05) is 7.05 Å². The molecule has 0 N–H and O–H groups in total. The molecule has 0 radical (unpaired) electrons. The fourth-order valence-electron chi connectivity index (χ4n) is 5.21. The van der Waals surface area contributed by atoms with Crippen molar-refractivity contribution in [2.24, 2.45) is 5.92 Å². The molecule has 0 aromatic heterocycles. The number of halogens is 2. The molecule has 2 nitrogen and oxygen atoms in total. The van der Waals surface area contributed by atoms with Crippen LogP contribution in [0.1, 0.15) is 63.0 Å². The smallest absolute Gasteiger partial charge is 0.130 e. The molecule has 2 aromatic carbocycles. The normalized spacial score (nSPS) is 17.6. The lowest BCUT2D eigenvalue weighted by Gasteiger charge is -2.36. The molecule has 30 heavy (non-hydrogen) atoms. The first-order valence-corrected chi connectivity index (χ1v) is 11.1. The van der Waals surface area contributed by atoms with Gasteiger partial charge in [0.1, 0.15) is 11.6 Å². The van der Waals surface area contributed by atoms with E-state index < -0.39 is 17.0 Å². The molecule has 0 bridgehead atoms. The van der Waals surface area contributed by atoms with Gasteiger partial charge >= 0.3 is 0 Å². The quantitative estimate of drug-likeness (QED) is 0.465. The minimum atomic E-state index is -1.10. The van der Waals surface area contributed by atoms with Gasteiger partial charge in [0.2, 0.25) is 0 Å². The molecule has 1 aliphatic carbocycles. The van der Waals surface area contributed by atoms with E-state index in [-0.39, 0.29) is 17.5 Å². The topological polar surface area (TPSA) is 27.0 Å². The van der Waals surface area contributed by atoms with E-state index in [1.165, 1.54) is 23.8 Å². The Morgan fingerprint density at radius 3 is 2.27 bits per heavy atom. The lowest BCUT2D eigenvalue weighted by atomic mass is 9.66. The summed E-state index contributed by atoms with van der Waals surface area (Å²) in [6.07, 6.45) is 5.90. The molecule has 4 heteroatoms. The maximum Gasteiger partial charge on any atom is 0.130 e. The Labute approximate surface area is 179 Å². The van der Waals surface area contributed by atoms with Crippen LogP contribution in [0.4, 0.5) is 8.78 Å². The zero-order chi connectivity index (χ0) is 21.6. The monoisotopic (exact) mass is 410 g/mol. The predicted molar refractivity (Wildman–Crippen MR) is 117 cm³/mol. The van der Waals surface area contributed by atoms with E-state index in [2.05, 4.69) is 37.1 Å². The van der Waals surface area contributed by atoms with E-state index in [0.717, 1.165) is 45.1 Å². The third-order valence-corrected chi connectivity index (χ3v) is 6.90. The number of hydrogen-bond donors (Lipinski definition) is 0. The van der Waals surface area contributed by atoms with E-state index in [0.29, 0.717) is 6.42 Å². The highest BCUT2D eigenvalue weighted by Gasteiger charge is 2.45. The molecule has 0 amide bonds. The van der Waals surface area contributed by atoms with Gasteiger partial charge in [-0.05, 0) is 62.8 Å². The molecule has 1 saturated carbocycles. The van der Waals surface area contributed by atoms with Crippen LogP contribution in [0.2, 0.25) is 0 Å². The van der Waals surface area contributed by atoms with E-state index in [4.69, 9.17) is 0 Å². The second-order valence-electron chi connectivity index (χ2n) is 8.66. The molecule has 2 unspecified atom stereocenters. The van der Waals surface area contributed by atoms with Crippen LogP contribution in [0.3, 0.4) is 0 Å². The fourth-order valence-corrected chi connectivity index (χ4v) is 5.21. The Bertz CT molecular complexity index is 835. The first-order chi connectivity index (χ1) is 14.5. The molecule has 160 valence electrons. The van der Waals surface area contributed by atoms with Gasteiger partial charge in [-0.25, -0.2) is 8.78 Å². The van der Waals surface area contributed by atoms with Crippen LogP contribution < -0.4 is 0 Å². The van der Waals surface area contributed by atoms with Crippen molar-refractivity contribution in [1.29, 1.82) is 5.26 Å². The van der Waals surface area contributed by atoms with Gasteiger partial charge in [-0.1, -0.05) is 56.2 Å². The Morgan fingerprint density at radius 2 is 1.70 bits per heavy atom. The summed E-state index contributed by atoms with van der Waals surface area (Å²) < 4.78 is 29.7. The van der Waals surface area contributed by atoms with Crippen LogP contribution in [0.25, 0.3) is 0 Å². The summed E-state index contributed by atoms with van der Waals surface area (Å²) in [5.41, 5.74) is 0.119. The summed E-state index contributed by atoms with van der Waals surface area (Å²) in [6.45, 7) is 2.95. The van der Waals surface area contributed by atoms with E-state index in [9.17, 15) is 14.0 Å². The van der Waals surface area contributed by atoms with E-state index in [1.807, 2.05) is 18.2 Å². The second-order valence-corrected chi connectivity index (χ2v) is 8.66. The highest BCUT2D eigenvalue weighted by atomic mass is 19.1. The van der Waals surface area contributed by atoms with Crippen LogP contribution in [0.15, 0.2) is 48.5 Å². The minimum Gasteiger partial charge on any atom is -0.299 e. The van der Waals surface area contributed by atoms with Crippen LogP contribution in [0, 0.1) is 28.9 Å². The van der Waals surface area contributed by atoms with Gasteiger partial charge in [-0.15, -0.1) is 0 Å². The third kappa shape index (κ3) is 4.73. The summed E-state index contributed by atoms with van der Waals surface area (Å²) in [4.78, 5) is 2.30. The standard InChI is InChI=1S/C26H32F2N2/c1-3-22(30(2)18-20-10-5-4-6-11-20)16-17-26(19-29,21-12-7-8-13-21)25-23(27)14-9-15-24(25)28/h4-6,9-11,14-15,21-22H,3,7-8,12-13,16-18H2,1-2H3. The van der Waals surface area contributed by atoms with E-state index in [1.54, 1.807) is 0 Å². The highest BCUT2D eigenvalue weighted by molar-refractivity contribution is 5.36. The third-order valence-electron chi connectivity index (χ3n) is 6.90. The molecular formula is C26H32F2N2. The van der Waals surface area contributed by atoms with Gasteiger partial charge in [-0.2, -0.15) is 5.26 Å². The van der Waals surface area contributed by atoms with Crippen molar-refractivity contribution in [2.45, 2.75) is 69.9 Å². The highest BCUT2D eigenvalue weighted by Crippen LogP contribution is 2.47. The van der Waals surface area contributed by atoms with Crippen molar-refractivity contribution in [1.82, 2.24) is 4.90 Å². The Balaban J connectivity index is 1.85. The van der Waals surface area contributed by atoms with Gasteiger partial charge in [0.25, 0.3) is 0 Å². The summed E-state index contributed by atoms with van der Waals surface area (Å²) in [5, 5.41) is 10.3. The largest absolute Gasteiger partial charge is 0.299 e. The number of rotatable bonds is 9. The molecule has 0 saturated heterocycles. The predicted octanol–water partition coefficient (Wildman–Crippen LogP) is 6.61. The number of hydrogen-bond acceptors (Lipinski definition) is 2. The number of nitrogens with zero attached hydrogens (tertiary/aromatic N) is 2. The average molecular weight is 411 g/mol. The number of nitriles is 1. The lowest BCUT2D eigenvalue weighted by molar-refractivity contribution is 0.190. The first-order valence-electron chi connectivity index (χ1n) is 11.1. The van der Waals surface area contributed by atoms with Crippen molar-refractivity contribution in [3.8, 4) is 6.07 Å². The summed E-state index contributed by atoms with van der Waals surface area (Å²) in [5.74, 6) is -1.17. The molecule has 2 atom stereocenters. The summed E-state index contributed by atoms with van der Waals surface area (Å²) >= 11 is 0. The van der Waals surface area contributed by atoms with Gasteiger partial charge in [0, 0.05) is 18.2 Å². The fraction of sp³-hybridized carbons (Fsp3) is 0.500. The second kappa shape index (κ2) is 10.2. The first kappa shape index (κ1) is 22.4. The van der Waals surface area contributed by atoms with Crippen molar-refractivity contribution < 1.29 is 8.78 Å². The Morgan fingerprint density at radius 1 is 1.07 bits per heavy atom. The summed E-state index contributed by atoms with van der Waals surface area (Å²) in [7, 11) is 2.09. The number of benzene rings is 2. The zero-order valence-corrected chi connectivity index (χ0v) is 18.1. The van der Waals surface area contributed by atoms with Crippen LogP contribution in [-0.2, 0) is 12.0 Å². The van der Waals surface area contributed by atoms with Gasteiger partial charge < -0.3 is 0 Å². The molecule has 3 rings (SSSR count). The molecule has 1 fully saturated rings. The van der Waals surface area contributed by atoms with E-state index >= 15 is 0 Å². The van der Waals surface area contributed by atoms with Gasteiger partial charge in [0.05, 0.1) is 11.5 Å². The SMILES string of the molecule is CCC(CCC(C#N)(c1c(F)cccc1F)C1CCCC1)N(C)Cc1ccccc1. The van der Waals surface area contributed by atoms with Gasteiger partial charge in [0.15, 0.2) is 0 Å². The Hall–Kier alpha value is -2.25.